The van der Waals surface area contributed by atoms with Crippen molar-refractivity contribution in [3.63, 3.8) is 0 Å². The molecule has 1 aromatic carbocycles. The number of hydrazone groups is 1. The highest BCUT2D eigenvalue weighted by molar-refractivity contribution is 5.94. The first-order valence-corrected chi connectivity index (χ1v) is 10.5. The summed E-state index contributed by atoms with van der Waals surface area (Å²) in [6.45, 7) is 3.30. The molecule has 3 N–H and O–H groups in total. The van der Waals surface area contributed by atoms with E-state index in [1.54, 1.807) is 0 Å². The van der Waals surface area contributed by atoms with E-state index in [1.165, 1.54) is 23.0 Å². The van der Waals surface area contributed by atoms with Gasteiger partial charge in [-0.3, -0.25) is 9.69 Å². The maximum atomic E-state index is 12.8. The van der Waals surface area contributed by atoms with E-state index in [9.17, 15) is 18.0 Å². The van der Waals surface area contributed by atoms with Gasteiger partial charge in [-0.25, -0.2) is 10.1 Å². The third-order valence-corrected chi connectivity index (χ3v) is 5.59. The summed E-state index contributed by atoms with van der Waals surface area (Å²) in [5.74, 6) is -0.548. The van der Waals surface area contributed by atoms with Gasteiger partial charge < -0.3 is 5.73 Å². The highest BCUT2D eigenvalue weighted by atomic mass is 19.4. The minimum Gasteiger partial charge on any atom is -0.378 e. The third-order valence-electron chi connectivity index (χ3n) is 5.59. The number of benzene rings is 1. The second-order valence-electron chi connectivity index (χ2n) is 7.90. The Morgan fingerprint density at radius 1 is 1.29 bits per heavy atom. The molecule has 3 aromatic rings. The van der Waals surface area contributed by atoms with Crippen LogP contribution in [-0.4, -0.2) is 54.9 Å². The Morgan fingerprint density at radius 3 is 2.71 bits per heavy atom. The van der Waals surface area contributed by atoms with Crippen molar-refractivity contribution in [1.29, 1.82) is 0 Å². The topological polar surface area (TPSA) is 140 Å². The van der Waals surface area contributed by atoms with E-state index in [2.05, 4.69) is 47.6 Å². The number of aromatic nitrogens is 5. The van der Waals surface area contributed by atoms with Gasteiger partial charge in [0.25, 0.3) is 5.91 Å². The first kappa shape index (κ1) is 23.4. The largest absolute Gasteiger partial charge is 0.416 e. The second-order valence-corrected chi connectivity index (χ2v) is 7.90. The Kier molecular flexibility index (Phi) is 6.58. The number of alkyl halides is 3. The number of rotatable bonds is 6. The highest BCUT2D eigenvalue weighted by Gasteiger charge is 2.30. The van der Waals surface area contributed by atoms with Crippen LogP contribution in [0.1, 0.15) is 53.5 Å². The van der Waals surface area contributed by atoms with Crippen molar-refractivity contribution in [2.24, 2.45) is 5.10 Å². The maximum Gasteiger partial charge on any atom is 0.416 e. The number of carbonyl (C=O) groups is 1. The lowest BCUT2D eigenvalue weighted by atomic mass is 10.0. The zero-order chi connectivity index (χ0) is 24.3. The number of hydrogen-bond acceptors (Lipinski definition) is 9. The van der Waals surface area contributed by atoms with Crippen molar-refractivity contribution in [1.82, 2.24) is 35.6 Å². The standard InChI is InChI=1S/C20H22F3N9O2/c1-12-4-2-3-9-31(12)11-15-16(26-30-32(15)18-17(24)28-34-29-18)19(33)27-25-10-13-5-7-14(8-6-13)20(21,22)23/h5-8,10,12H,2-4,9,11H2,1H3,(H2,24,28)(H,27,33). The van der Waals surface area contributed by atoms with Crippen LogP contribution in [0.2, 0.25) is 0 Å². The van der Waals surface area contributed by atoms with Gasteiger partial charge in [0.1, 0.15) is 0 Å². The normalized spacial score (nSPS) is 17.4. The summed E-state index contributed by atoms with van der Waals surface area (Å²) in [7, 11) is 0. The van der Waals surface area contributed by atoms with Crippen molar-refractivity contribution in [3.8, 4) is 5.82 Å². The fraction of sp³-hybridized carbons (Fsp3) is 0.400. The monoisotopic (exact) mass is 477 g/mol. The highest BCUT2D eigenvalue weighted by Crippen LogP contribution is 2.29. The molecule has 3 heterocycles. The van der Waals surface area contributed by atoms with Gasteiger partial charge in [0.2, 0.25) is 11.6 Å². The van der Waals surface area contributed by atoms with E-state index in [0.29, 0.717) is 23.8 Å². The lowest BCUT2D eigenvalue weighted by molar-refractivity contribution is -0.137. The summed E-state index contributed by atoms with van der Waals surface area (Å²) >= 11 is 0. The summed E-state index contributed by atoms with van der Waals surface area (Å²) in [6.07, 6.45) is -0.0247. The minimum absolute atomic E-state index is 0.00439. The van der Waals surface area contributed by atoms with Crippen LogP contribution in [0.4, 0.5) is 19.0 Å². The molecule has 1 amide bonds. The number of amides is 1. The minimum atomic E-state index is -4.43. The summed E-state index contributed by atoms with van der Waals surface area (Å²) in [4.78, 5) is 15.0. The third kappa shape index (κ3) is 5.06. The number of likely N-dealkylation sites (tertiary alicyclic amines) is 1. The van der Waals surface area contributed by atoms with Gasteiger partial charge in [-0.05, 0) is 54.3 Å². The van der Waals surface area contributed by atoms with Gasteiger partial charge in [0.05, 0.1) is 17.5 Å². The van der Waals surface area contributed by atoms with Crippen LogP contribution in [0.3, 0.4) is 0 Å². The molecular formula is C20H22F3N9O2. The Bertz CT molecular complexity index is 1170. The molecule has 2 aromatic heterocycles. The first-order chi connectivity index (χ1) is 16.2. The quantitative estimate of drug-likeness (QED) is 0.407. The summed E-state index contributed by atoms with van der Waals surface area (Å²) in [5.41, 5.74) is 8.18. The van der Waals surface area contributed by atoms with Gasteiger partial charge in [-0.2, -0.15) is 23.0 Å². The molecule has 1 atom stereocenters. The van der Waals surface area contributed by atoms with Crippen LogP contribution in [0, 0.1) is 0 Å². The van der Waals surface area contributed by atoms with Crippen LogP contribution in [0.5, 0.6) is 0 Å². The van der Waals surface area contributed by atoms with Gasteiger partial charge in [0, 0.05) is 12.6 Å². The van der Waals surface area contributed by atoms with Gasteiger partial charge in [-0.1, -0.05) is 23.8 Å². The van der Waals surface area contributed by atoms with Crippen molar-refractivity contribution >= 4 is 17.9 Å². The molecule has 0 spiro atoms. The second kappa shape index (κ2) is 9.59. The van der Waals surface area contributed by atoms with Crippen LogP contribution in [0.15, 0.2) is 34.0 Å². The summed E-state index contributed by atoms with van der Waals surface area (Å²) in [6, 6.07) is 4.65. The van der Waals surface area contributed by atoms with E-state index < -0.39 is 17.6 Å². The number of piperidine rings is 1. The number of carbonyl (C=O) groups excluding carboxylic acids is 1. The Hall–Kier alpha value is -3.81. The number of halogens is 3. The van der Waals surface area contributed by atoms with Crippen molar-refractivity contribution in [2.45, 2.75) is 44.9 Å². The lowest BCUT2D eigenvalue weighted by Gasteiger charge is -2.33. The Balaban J connectivity index is 1.54. The Labute approximate surface area is 191 Å². The van der Waals surface area contributed by atoms with Crippen molar-refractivity contribution < 1.29 is 22.6 Å². The molecule has 0 aliphatic carbocycles. The van der Waals surface area contributed by atoms with Gasteiger partial charge in [0.15, 0.2) is 5.69 Å². The zero-order valence-corrected chi connectivity index (χ0v) is 18.2. The molecule has 11 nitrogen and oxygen atoms in total. The zero-order valence-electron chi connectivity index (χ0n) is 18.2. The molecule has 0 radical (unpaired) electrons. The number of nitrogens with two attached hydrogens (primary N) is 1. The average Bonchev–Trinajstić information content (AvgIpc) is 3.40. The predicted octanol–water partition coefficient (Wildman–Crippen LogP) is 2.39. The lowest BCUT2D eigenvalue weighted by Crippen LogP contribution is -2.38. The fourth-order valence-corrected chi connectivity index (χ4v) is 3.69. The molecule has 1 aliphatic heterocycles. The summed E-state index contributed by atoms with van der Waals surface area (Å²) in [5, 5.41) is 19.1. The molecule has 1 fully saturated rings. The predicted molar refractivity (Wildman–Crippen MR) is 114 cm³/mol. The van der Waals surface area contributed by atoms with Gasteiger partial charge >= 0.3 is 6.18 Å². The van der Waals surface area contributed by atoms with E-state index in [1.807, 2.05) is 0 Å². The molecule has 4 rings (SSSR count). The van der Waals surface area contributed by atoms with Gasteiger partial charge in [-0.15, -0.1) is 5.10 Å². The number of hydrogen-bond donors (Lipinski definition) is 2. The SMILES string of the molecule is CC1CCCCN1Cc1c(C(=O)NN=Cc2ccc(C(F)(F)F)cc2)nnn1-c1nonc1N. The average molecular weight is 477 g/mol. The first-order valence-electron chi connectivity index (χ1n) is 10.5. The van der Waals surface area contributed by atoms with Crippen LogP contribution < -0.4 is 11.2 Å². The molecule has 0 saturated carbocycles. The molecule has 14 heteroatoms. The number of nitrogens with one attached hydrogen (secondary N) is 1. The Morgan fingerprint density at radius 2 is 2.06 bits per heavy atom. The van der Waals surface area contributed by atoms with Crippen LogP contribution >= 0.6 is 0 Å². The summed E-state index contributed by atoms with van der Waals surface area (Å²) < 4.78 is 44.0. The fourth-order valence-electron chi connectivity index (χ4n) is 3.69. The van der Waals surface area contributed by atoms with E-state index in [0.717, 1.165) is 37.9 Å². The molecule has 180 valence electrons. The maximum absolute atomic E-state index is 12.8. The van der Waals surface area contributed by atoms with E-state index in [4.69, 9.17) is 5.73 Å². The van der Waals surface area contributed by atoms with Crippen molar-refractivity contribution in [2.75, 3.05) is 12.3 Å². The molecule has 1 saturated heterocycles. The molecule has 0 bridgehead atoms. The van der Waals surface area contributed by atoms with E-state index >= 15 is 0 Å². The van der Waals surface area contributed by atoms with Crippen LogP contribution in [0.25, 0.3) is 5.82 Å². The number of anilines is 1. The van der Waals surface area contributed by atoms with Crippen LogP contribution in [-0.2, 0) is 12.7 Å². The number of nitrogen functional groups attached to an aromatic ring is 1. The number of nitrogens with zero attached hydrogens (tertiary/aromatic N) is 7. The smallest absolute Gasteiger partial charge is 0.378 e. The molecule has 1 unspecified atom stereocenters. The molecule has 34 heavy (non-hydrogen) atoms. The van der Waals surface area contributed by atoms with E-state index in [-0.39, 0.29) is 17.3 Å². The molecular weight excluding hydrogens is 455 g/mol. The molecule has 1 aliphatic rings. The van der Waals surface area contributed by atoms with Crippen molar-refractivity contribution in [3.05, 3.63) is 46.8 Å².